The van der Waals surface area contributed by atoms with Gasteiger partial charge in [0.2, 0.25) is 0 Å². The number of rotatable bonds is 8. The standard InChI is InChI=1S/2C19H20N.C2H6Si.2ClH.Zr/c2*1-3-7-15-11-16-10-14(4-2)12-17(16)18(13-15)19-8-5-6-9-20-19;1-3-2;;;/h2*5-6,8-13H,3-4,7H2,1-2H3;1-2H3;2*1H;/q2*-1;;;;+2/p-2. The molecule has 0 N–H and O–H groups in total. The van der Waals surface area contributed by atoms with E-state index in [-0.39, 0.29) is 30.2 Å². The molecule has 2 nitrogen and oxygen atoms in total. The first-order valence-corrected chi connectivity index (χ1v) is 22.3. The Labute approximate surface area is 304 Å². The fourth-order valence-electron chi connectivity index (χ4n) is 5.63. The summed E-state index contributed by atoms with van der Waals surface area (Å²) in [6, 6.07) is 30.8. The molecule has 0 fully saturated rings. The number of fused-ring (bicyclic) bond motifs is 2. The molecular formula is C40H46Cl2N2SiZr-2. The van der Waals surface area contributed by atoms with Crippen molar-refractivity contribution in [2.75, 3.05) is 0 Å². The maximum atomic E-state index is 4.54. The summed E-state index contributed by atoms with van der Waals surface area (Å²) >= 11 is 1.74. The molecule has 6 rings (SSSR count). The van der Waals surface area contributed by atoms with Crippen LogP contribution in [0.15, 0.2) is 97.3 Å². The van der Waals surface area contributed by atoms with E-state index < -0.39 is 0 Å². The molecule has 0 bridgehead atoms. The van der Waals surface area contributed by atoms with Gasteiger partial charge in [0, 0.05) is 12.4 Å². The molecule has 0 radical (unpaired) electrons. The van der Waals surface area contributed by atoms with Crippen molar-refractivity contribution in [3.05, 3.63) is 120 Å². The van der Waals surface area contributed by atoms with Crippen molar-refractivity contribution in [3.63, 3.8) is 0 Å². The summed E-state index contributed by atoms with van der Waals surface area (Å²) < 4.78 is 0. The summed E-state index contributed by atoms with van der Waals surface area (Å²) in [5.41, 5.74) is 10.5. The average molecular weight is 745 g/mol. The molecule has 0 aliphatic rings. The molecule has 4 aromatic carbocycles. The Bertz CT molecular complexity index is 1660. The van der Waals surface area contributed by atoms with Crippen LogP contribution in [0.2, 0.25) is 13.1 Å². The maximum absolute atomic E-state index is 4.54. The van der Waals surface area contributed by atoms with Crippen LogP contribution in [0.25, 0.3) is 44.1 Å². The molecule has 6 aromatic rings. The molecule has 0 saturated carbocycles. The maximum Gasteiger partial charge on any atom is -1.00 e. The Balaban J connectivity index is 0.000000276. The van der Waals surface area contributed by atoms with Gasteiger partial charge in [-0.15, -0.1) is 56.9 Å². The zero-order chi connectivity index (χ0) is 31.5. The van der Waals surface area contributed by atoms with E-state index in [0.717, 1.165) is 37.1 Å². The first-order valence-electron chi connectivity index (χ1n) is 16.2. The van der Waals surface area contributed by atoms with Crippen molar-refractivity contribution in [2.45, 2.75) is 79.3 Å². The number of hydrogen-bond donors (Lipinski definition) is 0. The minimum atomic E-state index is 0. The summed E-state index contributed by atoms with van der Waals surface area (Å²) in [7, 11) is 0. The van der Waals surface area contributed by atoms with E-state index in [1.807, 2.05) is 24.5 Å². The van der Waals surface area contributed by atoms with Crippen LogP contribution in [-0.2, 0) is 49.0 Å². The fourth-order valence-corrected chi connectivity index (χ4v) is 5.63. The van der Waals surface area contributed by atoms with Crippen molar-refractivity contribution in [1.82, 2.24) is 9.97 Å². The molecule has 2 heterocycles. The minimum Gasteiger partial charge on any atom is -1.00 e. The number of aryl methyl sites for hydroxylation is 4. The van der Waals surface area contributed by atoms with Crippen LogP contribution in [-0.4, -0.2) is 15.4 Å². The van der Waals surface area contributed by atoms with Crippen molar-refractivity contribution >= 4 is 27.0 Å². The summed E-state index contributed by atoms with van der Waals surface area (Å²) in [5.74, 6) is 0. The predicted octanol–water partition coefficient (Wildman–Crippen LogP) is 5.06. The Morgan fingerprint density at radius 2 is 1.00 bits per heavy atom. The number of pyridine rings is 2. The monoisotopic (exact) mass is 742 g/mol. The SMILES string of the molecule is CCCc1cc(-c2ccccn2)c2cc(CC)[cH-]c2c1.CCCc1cc(-c2ccccn2)c2cc(CC)[cH-]c2c1.C[Si](C)=[Zr+2].[Cl-].[Cl-]. The zero-order valence-corrected chi connectivity index (χ0v) is 33.1. The molecule has 0 saturated heterocycles. The van der Waals surface area contributed by atoms with Gasteiger partial charge in [-0.2, -0.15) is 12.1 Å². The third kappa shape index (κ3) is 10.8. The third-order valence-electron chi connectivity index (χ3n) is 7.66. The molecule has 0 unspecified atom stereocenters. The topological polar surface area (TPSA) is 25.8 Å². The second-order valence-corrected chi connectivity index (χ2v) is 21.0. The van der Waals surface area contributed by atoms with E-state index >= 15 is 0 Å². The number of benzene rings is 2. The second-order valence-electron chi connectivity index (χ2n) is 11.7. The summed E-state index contributed by atoms with van der Waals surface area (Å²) in [6.45, 7) is 13.5. The Hall–Kier alpha value is -2.36. The van der Waals surface area contributed by atoms with Gasteiger partial charge >= 0.3 is 41.9 Å². The van der Waals surface area contributed by atoms with E-state index in [1.165, 1.54) is 67.8 Å². The van der Waals surface area contributed by atoms with Gasteiger partial charge < -0.3 is 24.8 Å². The summed E-state index contributed by atoms with van der Waals surface area (Å²) in [6.07, 6.45) is 10.5. The second kappa shape index (κ2) is 20.1. The quantitative estimate of drug-likeness (QED) is 0.161. The van der Waals surface area contributed by atoms with Gasteiger partial charge in [-0.1, -0.05) is 75.9 Å². The number of aromatic nitrogens is 2. The first kappa shape index (κ1) is 39.8. The van der Waals surface area contributed by atoms with Gasteiger partial charge in [0.05, 0.1) is 11.4 Å². The molecule has 46 heavy (non-hydrogen) atoms. The minimum absolute atomic E-state index is 0. The van der Waals surface area contributed by atoms with E-state index in [4.69, 9.17) is 0 Å². The van der Waals surface area contributed by atoms with Crippen LogP contribution in [0.3, 0.4) is 0 Å². The van der Waals surface area contributed by atoms with Gasteiger partial charge in [0.25, 0.3) is 0 Å². The van der Waals surface area contributed by atoms with E-state index in [0.29, 0.717) is 0 Å². The Morgan fingerprint density at radius 3 is 1.30 bits per heavy atom. The molecule has 2 aromatic heterocycles. The van der Waals surface area contributed by atoms with Gasteiger partial charge in [-0.25, -0.2) is 0 Å². The van der Waals surface area contributed by atoms with E-state index in [2.05, 4.69) is 124 Å². The molecule has 0 spiro atoms. The Kier molecular flexibility index (Phi) is 17.4. The van der Waals surface area contributed by atoms with Crippen LogP contribution in [0, 0.1) is 0 Å². The Morgan fingerprint density at radius 1 is 0.609 bits per heavy atom. The molecule has 240 valence electrons. The summed E-state index contributed by atoms with van der Waals surface area (Å²) in [5, 5.41) is 5.38. The largest absolute Gasteiger partial charge is 1.00 e. The van der Waals surface area contributed by atoms with Gasteiger partial charge in [-0.3, -0.25) is 9.97 Å². The molecule has 0 aliphatic heterocycles. The third-order valence-corrected chi connectivity index (χ3v) is 7.66. The number of halogens is 2. The van der Waals surface area contributed by atoms with Gasteiger partial charge in [-0.05, 0) is 61.1 Å². The van der Waals surface area contributed by atoms with Crippen LogP contribution in [0.5, 0.6) is 0 Å². The van der Waals surface area contributed by atoms with Crippen LogP contribution in [0.1, 0.15) is 62.8 Å². The molecule has 0 amide bonds. The molecular weight excluding hydrogens is 699 g/mol. The zero-order valence-electron chi connectivity index (χ0n) is 28.1. The molecule has 0 aliphatic carbocycles. The van der Waals surface area contributed by atoms with Crippen LogP contribution < -0.4 is 24.8 Å². The van der Waals surface area contributed by atoms with Crippen molar-refractivity contribution in [3.8, 4) is 22.5 Å². The summed E-state index contributed by atoms with van der Waals surface area (Å²) in [4.78, 5) is 9.07. The molecule has 6 heteroatoms. The predicted molar refractivity (Wildman–Crippen MR) is 190 cm³/mol. The fraction of sp³-hybridized carbons (Fsp3) is 0.300. The number of nitrogens with zero attached hydrogens (tertiary/aromatic N) is 2. The smallest absolute Gasteiger partial charge is 1.00 e. The van der Waals surface area contributed by atoms with Crippen molar-refractivity contribution in [1.29, 1.82) is 0 Å². The van der Waals surface area contributed by atoms with Gasteiger partial charge in [0.15, 0.2) is 0 Å². The van der Waals surface area contributed by atoms with E-state index in [9.17, 15) is 0 Å². The number of hydrogen-bond acceptors (Lipinski definition) is 2. The average Bonchev–Trinajstić information content (AvgIpc) is 3.65. The van der Waals surface area contributed by atoms with Crippen molar-refractivity contribution < 1.29 is 48.1 Å². The van der Waals surface area contributed by atoms with E-state index in [1.54, 1.807) is 23.3 Å². The van der Waals surface area contributed by atoms with Crippen LogP contribution >= 0.6 is 0 Å². The normalized spacial score (nSPS) is 10.3. The van der Waals surface area contributed by atoms with Crippen LogP contribution in [0.4, 0.5) is 0 Å². The molecule has 0 atom stereocenters. The first-order chi connectivity index (χ1) is 21.4. The van der Waals surface area contributed by atoms with Crippen molar-refractivity contribution in [2.24, 2.45) is 0 Å². The van der Waals surface area contributed by atoms with Gasteiger partial charge in [0.1, 0.15) is 0 Å².